The number of carbonyl (C=O) groups is 1. The minimum atomic E-state index is -0.640. The quantitative estimate of drug-likeness (QED) is 0.438. The van der Waals surface area contributed by atoms with Crippen LogP contribution in [-0.2, 0) is 9.53 Å². The van der Waals surface area contributed by atoms with Crippen molar-refractivity contribution in [3.63, 3.8) is 0 Å². The lowest BCUT2D eigenvalue weighted by atomic mass is 9.78. The summed E-state index contributed by atoms with van der Waals surface area (Å²) in [5.74, 6) is 0.00793. The first-order chi connectivity index (χ1) is 13.2. The van der Waals surface area contributed by atoms with Gasteiger partial charge in [0.1, 0.15) is 0 Å². The molecule has 0 aromatic heterocycles. The fraction of sp³-hybridized carbons (Fsp3) is 0.625. The zero-order valence-electron chi connectivity index (χ0n) is 18.7. The second-order valence-electron chi connectivity index (χ2n) is 8.06. The van der Waals surface area contributed by atoms with Crippen LogP contribution in [0.5, 0.6) is 0 Å². The zero-order chi connectivity index (χ0) is 21.3. The highest BCUT2D eigenvalue weighted by Crippen LogP contribution is 2.39. The maximum absolute atomic E-state index is 12.6. The molecule has 0 spiro atoms. The maximum Gasteiger partial charge on any atom is 0.201 e. The van der Waals surface area contributed by atoms with E-state index in [4.69, 9.17) is 4.74 Å². The molecule has 0 bridgehead atoms. The Bertz CT molecular complexity index is 651. The molecular formula is C24H38O3S. The van der Waals surface area contributed by atoms with Crippen molar-refractivity contribution in [3.8, 4) is 0 Å². The predicted molar refractivity (Wildman–Crippen MR) is 121 cm³/mol. The van der Waals surface area contributed by atoms with Gasteiger partial charge in [0.25, 0.3) is 0 Å². The average molecular weight is 407 g/mol. The molecule has 0 radical (unpaired) electrons. The third kappa shape index (κ3) is 7.29. The van der Waals surface area contributed by atoms with Crippen LogP contribution in [0.15, 0.2) is 45.6 Å². The summed E-state index contributed by atoms with van der Waals surface area (Å²) >= 11 is 1.41. The molecule has 0 saturated heterocycles. The summed E-state index contributed by atoms with van der Waals surface area (Å²) in [6, 6.07) is 0. The first kappa shape index (κ1) is 24.8. The fourth-order valence-electron chi connectivity index (χ4n) is 3.55. The third-order valence-electron chi connectivity index (χ3n) is 5.46. The molecule has 1 aliphatic carbocycles. The molecule has 4 heteroatoms. The van der Waals surface area contributed by atoms with Crippen LogP contribution in [0.2, 0.25) is 0 Å². The van der Waals surface area contributed by atoms with Gasteiger partial charge in [-0.05, 0) is 66.1 Å². The minimum absolute atomic E-state index is 0.00290. The Morgan fingerprint density at radius 1 is 1.07 bits per heavy atom. The van der Waals surface area contributed by atoms with Gasteiger partial charge in [-0.25, -0.2) is 0 Å². The normalized spacial score (nSPS) is 23.9. The Morgan fingerprint density at radius 3 is 2.18 bits per heavy atom. The molecule has 0 amide bonds. The number of aliphatic hydroxyl groups is 1. The number of carbonyl (C=O) groups excluding carboxylic acids is 1. The highest BCUT2D eigenvalue weighted by Gasteiger charge is 2.40. The molecule has 3 nitrogen and oxygen atoms in total. The van der Waals surface area contributed by atoms with Crippen LogP contribution in [0.25, 0.3) is 0 Å². The van der Waals surface area contributed by atoms with E-state index in [0.717, 1.165) is 25.7 Å². The van der Waals surface area contributed by atoms with E-state index in [2.05, 4.69) is 45.9 Å². The third-order valence-corrected chi connectivity index (χ3v) is 6.33. The van der Waals surface area contributed by atoms with Gasteiger partial charge in [0.2, 0.25) is 5.78 Å². The van der Waals surface area contributed by atoms with Crippen molar-refractivity contribution in [2.75, 3.05) is 13.4 Å². The summed E-state index contributed by atoms with van der Waals surface area (Å²) < 4.78 is 5.26. The second-order valence-corrected chi connectivity index (χ2v) is 8.91. The smallest absolute Gasteiger partial charge is 0.201 e. The van der Waals surface area contributed by atoms with Gasteiger partial charge >= 0.3 is 0 Å². The SMILES string of the molecule is COC1=C(SC)C(O)C(CC=C(C)CCC=C(C)CCC=C(C)C)C(C)C1=O. The van der Waals surface area contributed by atoms with Gasteiger partial charge in [0.15, 0.2) is 5.76 Å². The van der Waals surface area contributed by atoms with Gasteiger partial charge in [-0.15, -0.1) is 11.8 Å². The standard InChI is InChI=1S/C24H38O3S/c1-16(2)10-8-11-17(3)12-9-13-18(4)14-15-20-19(5)21(25)23(27-6)24(28-7)22(20)26/h10,12,14,19-20,22,26H,8-9,11,13,15H2,1-7H3. The minimum Gasteiger partial charge on any atom is -0.492 e. The van der Waals surface area contributed by atoms with E-state index in [1.807, 2.05) is 13.2 Å². The molecule has 158 valence electrons. The maximum atomic E-state index is 12.6. The monoisotopic (exact) mass is 406 g/mol. The number of Topliss-reactive ketones (excluding diaryl/α,β-unsaturated/α-hetero) is 1. The fourth-order valence-corrected chi connectivity index (χ4v) is 4.33. The van der Waals surface area contributed by atoms with E-state index in [-0.39, 0.29) is 17.6 Å². The van der Waals surface area contributed by atoms with Crippen molar-refractivity contribution in [1.82, 2.24) is 0 Å². The zero-order valence-corrected chi connectivity index (χ0v) is 19.5. The molecular weight excluding hydrogens is 368 g/mol. The van der Waals surface area contributed by atoms with Crippen molar-refractivity contribution in [3.05, 3.63) is 45.6 Å². The molecule has 3 atom stereocenters. The first-order valence-corrected chi connectivity index (χ1v) is 11.4. The van der Waals surface area contributed by atoms with Gasteiger partial charge in [-0.2, -0.15) is 0 Å². The molecule has 0 saturated carbocycles. The number of allylic oxidation sites excluding steroid dienone is 7. The predicted octanol–water partition coefficient (Wildman–Crippen LogP) is 6.21. The summed E-state index contributed by atoms with van der Waals surface area (Å²) in [5.41, 5.74) is 4.13. The van der Waals surface area contributed by atoms with E-state index < -0.39 is 6.10 Å². The largest absolute Gasteiger partial charge is 0.492 e. The molecule has 1 N–H and O–H groups in total. The molecule has 0 aliphatic heterocycles. The van der Waals surface area contributed by atoms with Gasteiger partial charge in [0.05, 0.1) is 18.1 Å². The Labute approximate surface area is 176 Å². The van der Waals surface area contributed by atoms with Crippen molar-refractivity contribution < 1.29 is 14.6 Å². The molecule has 1 rings (SSSR count). The van der Waals surface area contributed by atoms with Crippen LogP contribution in [0.3, 0.4) is 0 Å². The average Bonchev–Trinajstić information content (AvgIpc) is 2.64. The highest BCUT2D eigenvalue weighted by molar-refractivity contribution is 8.02. The van der Waals surface area contributed by atoms with Crippen LogP contribution in [0, 0.1) is 11.8 Å². The van der Waals surface area contributed by atoms with E-state index in [1.54, 1.807) is 0 Å². The van der Waals surface area contributed by atoms with Crippen LogP contribution in [-0.4, -0.2) is 30.4 Å². The molecule has 1 aliphatic rings. The topological polar surface area (TPSA) is 46.5 Å². The summed E-state index contributed by atoms with van der Waals surface area (Å²) in [6.07, 6.45) is 13.0. The molecule has 3 unspecified atom stereocenters. The van der Waals surface area contributed by atoms with Gasteiger partial charge in [-0.3, -0.25) is 4.79 Å². The summed E-state index contributed by atoms with van der Waals surface area (Å²) in [7, 11) is 1.50. The Kier molecular flexibility index (Phi) is 10.9. The first-order valence-electron chi connectivity index (χ1n) is 10.2. The lowest BCUT2D eigenvalue weighted by molar-refractivity contribution is -0.126. The number of ether oxygens (including phenoxy) is 1. The second kappa shape index (κ2) is 12.3. The van der Waals surface area contributed by atoms with E-state index in [1.165, 1.54) is 35.6 Å². The van der Waals surface area contributed by atoms with Crippen LogP contribution >= 0.6 is 11.8 Å². The summed E-state index contributed by atoms with van der Waals surface area (Å²) in [6.45, 7) is 10.5. The number of rotatable bonds is 10. The van der Waals surface area contributed by atoms with Crippen LogP contribution in [0.4, 0.5) is 0 Å². The van der Waals surface area contributed by atoms with Crippen molar-refractivity contribution in [1.29, 1.82) is 0 Å². The number of hydrogen-bond acceptors (Lipinski definition) is 4. The van der Waals surface area contributed by atoms with Gasteiger partial charge in [0, 0.05) is 11.8 Å². The van der Waals surface area contributed by atoms with E-state index >= 15 is 0 Å². The summed E-state index contributed by atoms with van der Waals surface area (Å²) in [5, 5.41) is 10.7. The molecule has 0 aromatic carbocycles. The van der Waals surface area contributed by atoms with Gasteiger partial charge < -0.3 is 9.84 Å². The molecule has 0 fully saturated rings. The van der Waals surface area contributed by atoms with E-state index in [0.29, 0.717) is 17.1 Å². The number of methoxy groups -OCH3 is 1. The number of thioether (sulfide) groups is 1. The lowest BCUT2D eigenvalue weighted by Crippen LogP contribution is -2.38. The molecule has 0 heterocycles. The molecule has 0 aromatic rings. The van der Waals surface area contributed by atoms with Crippen molar-refractivity contribution in [2.24, 2.45) is 11.8 Å². The summed E-state index contributed by atoms with van der Waals surface area (Å²) in [4.78, 5) is 13.2. The highest BCUT2D eigenvalue weighted by atomic mass is 32.2. The number of hydrogen-bond donors (Lipinski definition) is 1. The Hall–Kier alpha value is -1.26. The van der Waals surface area contributed by atoms with E-state index in [9.17, 15) is 9.90 Å². The Morgan fingerprint density at radius 2 is 1.64 bits per heavy atom. The van der Waals surface area contributed by atoms with Crippen LogP contribution < -0.4 is 0 Å². The van der Waals surface area contributed by atoms with Crippen molar-refractivity contribution in [2.45, 2.75) is 72.8 Å². The van der Waals surface area contributed by atoms with Gasteiger partial charge in [-0.1, -0.05) is 41.9 Å². The van der Waals surface area contributed by atoms with Crippen LogP contribution in [0.1, 0.15) is 66.7 Å². The molecule has 28 heavy (non-hydrogen) atoms. The number of aliphatic hydroxyl groups excluding tert-OH is 1. The lowest BCUT2D eigenvalue weighted by Gasteiger charge is -2.34. The Balaban J connectivity index is 2.64. The number of ketones is 1. The van der Waals surface area contributed by atoms with Crippen molar-refractivity contribution >= 4 is 17.5 Å².